The van der Waals surface area contributed by atoms with Gasteiger partial charge in [-0.2, -0.15) is 0 Å². The van der Waals surface area contributed by atoms with Crippen LogP contribution in [0.25, 0.3) is 0 Å². The van der Waals surface area contributed by atoms with E-state index in [0.29, 0.717) is 5.69 Å². The van der Waals surface area contributed by atoms with Crippen LogP contribution in [0.3, 0.4) is 0 Å². The first-order valence-electron chi connectivity index (χ1n) is 7.36. The quantitative estimate of drug-likeness (QED) is 0.693. The zero-order chi connectivity index (χ0) is 18.0. The molecule has 5 nitrogen and oxygen atoms in total. The molecule has 0 unspecified atom stereocenters. The molecule has 0 aliphatic rings. The van der Waals surface area contributed by atoms with E-state index in [0.717, 1.165) is 11.6 Å². The molecule has 0 bridgehead atoms. The van der Waals surface area contributed by atoms with E-state index >= 15 is 0 Å². The lowest BCUT2D eigenvalue weighted by Crippen LogP contribution is -2.13. The van der Waals surface area contributed by atoms with Crippen molar-refractivity contribution in [2.24, 2.45) is 0 Å². The van der Waals surface area contributed by atoms with Gasteiger partial charge in [0, 0.05) is 18.0 Å². The summed E-state index contributed by atoms with van der Waals surface area (Å²) in [5.41, 5.74) is 1.49. The van der Waals surface area contributed by atoms with Crippen LogP contribution >= 0.6 is 11.6 Å². The molecule has 0 fully saturated rings. The predicted molar refractivity (Wildman–Crippen MR) is 92.6 cm³/mol. The highest BCUT2D eigenvalue weighted by Crippen LogP contribution is 2.23. The number of nitrogens with zero attached hydrogens (tertiary/aromatic N) is 1. The first kappa shape index (κ1) is 16.9. The Kier molecular flexibility index (Phi) is 4.63. The van der Waals surface area contributed by atoms with Gasteiger partial charge in [-0.25, -0.2) is 4.39 Å². The summed E-state index contributed by atoms with van der Waals surface area (Å²) in [6.07, 6.45) is 4.49. The third-order valence-electron chi connectivity index (χ3n) is 3.67. The van der Waals surface area contributed by atoms with Crippen LogP contribution in [0.2, 0.25) is 5.02 Å². The molecule has 0 saturated heterocycles. The zero-order valence-corrected chi connectivity index (χ0v) is 13.9. The maximum absolute atomic E-state index is 13.9. The number of ketones is 1. The van der Waals surface area contributed by atoms with E-state index in [-0.39, 0.29) is 21.8 Å². The zero-order valence-electron chi connectivity index (χ0n) is 13.1. The van der Waals surface area contributed by atoms with Gasteiger partial charge in [-0.1, -0.05) is 17.7 Å². The lowest BCUT2D eigenvalue weighted by Gasteiger charge is -2.06. The number of halogens is 2. The average Bonchev–Trinajstić information content (AvgIpc) is 3.07. The van der Waals surface area contributed by atoms with Gasteiger partial charge >= 0.3 is 0 Å². The van der Waals surface area contributed by atoms with Gasteiger partial charge in [0.25, 0.3) is 5.91 Å². The Morgan fingerprint density at radius 1 is 1.28 bits per heavy atom. The molecular weight excluding hydrogens is 345 g/mol. The summed E-state index contributed by atoms with van der Waals surface area (Å²) >= 11 is 5.91. The highest BCUT2D eigenvalue weighted by Gasteiger charge is 2.20. The van der Waals surface area contributed by atoms with Crippen LogP contribution in [-0.4, -0.2) is 21.7 Å². The second-order valence-electron chi connectivity index (χ2n) is 5.37. The lowest BCUT2D eigenvalue weighted by molar-refractivity contribution is 0.102. The minimum absolute atomic E-state index is 0.0168. The largest absolute Gasteiger partial charge is 0.356 e. The number of H-pyrrole nitrogens is 1. The van der Waals surface area contributed by atoms with E-state index < -0.39 is 17.5 Å². The van der Waals surface area contributed by atoms with Crippen molar-refractivity contribution in [1.82, 2.24) is 9.97 Å². The summed E-state index contributed by atoms with van der Waals surface area (Å²) < 4.78 is 13.9. The maximum atomic E-state index is 13.9. The van der Waals surface area contributed by atoms with Crippen molar-refractivity contribution in [3.63, 3.8) is 0 Å². The van der Waals surface area contributed by atoms with Crippen molar-refractivity contribution in [3.05, 3.63) is 82.1 Å². The van der Waals surface area contributed by atoms with E-state index in [9.17, 15) is 14.0 Å². The molecule has 0 aliphatic heterocycles. The Labute approximate surface area is 147 Å². The van der Waals surface area contributed by atoms with Gasteiger partial charge < -0.3 is 10.3 Å². The Morgan fingerprint density at radius 3 is 2.80 bits per heavy atom. The standard InChI is InChI=1S/C18H13ClFN3O2/c1-10-5-6-21-9-15(10)23-18(25)14-7-11(8-22-14)17(24)16-12(19)3-2-4-13(16)20/h2-9,22H,1H3,(H,23,25). The van der Waals surface area contributed by atoms with Gasteiger partial charge in [-0.15, -0.1) is 0 Å². The number of carbonyl (C=O) groups excluding carboxylic acids is 2. The van der Waals surface area contributed by atoms with Crippen molar-refractivity contribution >= 4 is 29.0 Å². The minimum Gasteiger partial charge on any atom is -0.356 e. The number of aromatic nitrogens is 2. The summed E-state index contributed by atoms with van der Waals surface area (Å²) in [5, 5.41) is 2.71. The topological polar surface area (TPSA) is 74.8 Å². The molecule has 0 atom stereocenters. The fourth-order valence-electron chi connectivity index (χ4n) is 2.30. The van der Waals surface area contributed by atoms with Crippen LogP contribution in [-0.2, 0) is 0 Å². The number of rotatable bonds is 4. The van der Waals surface area contributed by atoms with E-state index in [1.165, 1.54) is 30.6 Å². The smallest absolute Gasteiger partial charge is 0.272 e. The highest BCUT2D eigenvalue weighted by atomic mass is 35.5. The van der Waals surface area contributed by atoms with Crippen molar-refractivity contribution in [2.75, 3.05) is 5.32 Å². The van der Waals surface area contributed by atoms with Crippen molar-refractivity contribution in [2.45, 2.75) is 6.92 Å². The predicted octanol–water partition coefficient (Wildman–Crippen LogP) is 3.99. The van der Waals surface area contributed by atoms with Crippen LogP contribution in [0.1, 0.15) is 32.0 Å². The molecule has 2 heterocycles. The number of amides is 1. The van der Waals surface area contributed by atoms with Crippen LogP contribution in [0.4, 0.5) is 10.1 Å². The molecule has 25 heavy (non-hydrogen) atoms. The molecule has 7 heteroatoms. The molecule has 3 rings (SSSR count). The average molecular weight is 358 g/mol. The first-order chi connectivity index (χ1) is 12.0. The van der Waals surface area contributed by atoms with Crippen LogP contribution in [0.15, 0.2) is 48.9 Å². The molecular formula is C18H13ClFN3O2. The van der Waals surface area contributed by atoms with Gasteiger partial charge in [0.2, 0.25) is 0 Å². The number of nitrogens with one attached hydrogen (secondary N) is 2. The van der Waals surface area contributed by atoms with E-state index in [2.05, 4.69) is 15.3 Å². The first-order valence-corrected chi connectivity index (χ1v) is 7.74. The Hall–Kier alpha value is -2.99. The van der Waals surface area contributed by atoms with E-state index in [1.54, 1.807) is 12.3 Å². The minimum atomic E-state index is -0.712. The summed E-state index contributed by atoms with van der Waals surface area (Å²) in [5.74, 6) is -1.75. The second-order valence-corrected chi connectivity index (χ2v) is 5.78. The number of benzene rings is 1. The number of aromatic amines is 1. The Balaban J connectivity index is 1.84. The Morgan fingerprint density at radius 2 is 2.08 bits per heavy atom. The third kappa shape index (κ3) is 3.44. The number of hydrogen-bond donors (Lipinski definition) is 2. The number of hydrogen-bond acceptors (Lipinski definition) is 3. The maximum Gasteiger partial charge on any atom is 0.272 e. The fourth-order valence-corrected chi connectivity index (χ4v) is 2.55. The molecule has 0 saturated carbocycles. The molecule has 2 aromatic heterocycles. The molecule has 1 amide bonds. The second kappa shape index (κ2) is 6.86. The van der Waals surface area contributed by atoms with Crippen LogP contribution < -0.4 is 5.32 Å². The van der Waals surface area contributed by atoms with Gasteiger partial charge in [0.15, 0.2) is 5.78 Å². The third-order valence-corrected chi connectivity index (χ3v) is 3.98. The van der Waals surface area contributed by atoms with Crippen molar-refractivity contribution < 1.29 is 14.0 Å². The van der Waals surface area contributed by atoms with Crippen molar-refractivity contribution in [1.29, 1.82) is 0 Å². The van der Waals surface area contributed by atoms with Crippen LogP contribution in [0, 0.1) is 12.7 Å². The molecule has 0 spiro atoms. The summed E-state index contributed by atoms with van der Waals surface area (Å²) in [7, 11) is 0. The molecule has 126 valence electrons. The summed E-state index contributed by atoms with van der Waals surface area (Å²) in [6.45, 7) is 1.83. The number of aryl methyl sites for hydroxylation is 1. The van der Waals surface area contributed by atoms with Gasteiger partial charge in [-0.05, 0) is 36.8 Å². The molecule has 3 aromatic rings. The lowest BCUT2D eigenvalue weighted by atomic mass is 10.1. The van der Waals surface area contributed by atoms with Gasteiger partial charge in [-0.3, -0.25) is 14.6 Å². The monoisotopic (exact) mass is 357 g/mol. The summed E-state index contributed by atoms with van der Waals surface area (Å²) in [6, 6.07) is 7.13. The van der Waals surface area contributed by atoms with Gasteiger partial charge in [0.05, 0.1) is 22.5 Å². The molecule has 0 radical (unpaired) electrons. The highest BCUT2D eigenvalue weighted by molar-refractivity contribution is 6.35. The SMILES string of the molecule is Cc1ccncc1NC(=O)c1cc(C(=O)c2c(F)cccc2Cl)c[nH]1. The Bertz CT molecular complexity index is 948. The molecule has 2 N–H and O–H groups in total. The summed E-state index contributed by atoms with van der Waals surface area (Å²) in [4.78, 5) is 31.4. The normalized spacial score (nSPS) is 10.5. The fraction of sp³-hybridized carbons (Fsp3) is 0.0556. The number of anilines is 1. The molecule has 1 aromatic carbocycles. The van der Waals surface area contributed by atoms with E-state index in [1.807, 2.05) is 6.92 Å². The number of pyridine rings is 1. The van der Waals surface area contributed by atoms with Gasteiger partial charge in [0.1, 0.15) is 11.5 Å². The molecule has 0 aliphatic carbocycles. The number of carbonyl (C=O) groups is 2. The van der Waals surface area contributed by atoms with E-state index in [4.69, 9.17) is 11.6 Å². The van der Waals surface area contributed by atoms with Crippen molar-refractivity contribution in [3.8, 4) is 0 Å². The van der Waals surface area contributed by atoms with Crippen LogP contribution in [0.5, 0.6) is 0 Å².